The zero-order valence-corrected chi connectivity index (χ0v) is 14.7. The molecule has 27 heavy (non-hydrogen) atoms. The molecule has 2 unspecified atom stereocenters. The average Bonchev–Trinajstić information content (AvgIpc) is 2.85. The van der Waals surface area contributed by atoms with Gasteiger partial charge in [-0.3, -0.25) is 9.78 Å². The number of halogens is 1. The molecule has 4 aliphatic rings. The van der Waals surface area contributed by atoms with E-state index in [1.165, 1.54) is 24.5 Å². The van der Waals surface area contributed by atoms with E-state index in [-0.39, 0.29) is 5.02 Å². The van der Waals surface area contributed by atoms with Crippen LogP contribution in [0.3, 0.4) is 0 Å². The highest BCUT2D eigenvalue weighted by Crippen LogP contribution is 2.65. The number of carbonyl (C=O) groups is 1. The summed E-state index contributed by atoms with van der Waals surface area (Å²) in [7, 11) is 0. The molecule has 0 radical (unpaired) electrons. The SMILES string of the molecule is [2H]c1cc(Cl)ccc1C12C([2H])([2H])C3(C(=O)NCc4ccncc4)C([2H])([2H])[C@@]([2H])(C1([2H])[2H])C([2H])([2H])[C@]([2H])(C3([2H])[2H])C2([2H])[2H]. The Morgan fingerprint density at radius 2 is 1.96 bits per heavy atom. The van der Waals surface area contributed by atoms with Crippen LogP contribution in [-0.2, 0) is 16.8 Å². The van der Waals surface area contributed by atoms with Crippen LogP contribution in [0.5, 0.6) is 0 Å². The van der Waals surface area contributed by atoms with E-state index in [2.05, 4.69) is 10.3 Å². The third-order valence-corrected chi connectivity index (χ3v) is 4.83. The Bertz CT molecular complexity index is 1460. The van der Waals surface area contributed by atoms with Crippen LogP contribution in [0.15, 0.2) is 48.8 Å². The maximum atomic E-state index is 14.3. The van der Waals surface area contributed by atoms with Crippen molar-refractivity contribution in [3.8, 4) is 0 Å². The van der Waals surface area contributed by atoms with E-state index < -0.39 is 84.9 Å². The molecule has 2 aromatic rings. The molecule has 4 aliphatic carbocycles. The molecule has 1 aromatic heterocycles. The predicted octanol–water partition coefficient (Wildman–Crippen LogP) is 4.89. The van der Waals surface area contributed by atoms with Crippen LogP contribution >= 0.6 is 11.6 Å². The molecule has 140 valence electrons. The largest absolute Gasteiger partial charge is 0.352 e. The summed E-state index contributed by atoms with van der Waals surface area (Å²) in [5, 5.41) is 2.13. The normalized spacial score (nSPS) is 58.6. The van der Waals surface area contributed by atoms with Gasteiger partial charge in [-0.05, 0) is 90.8 Å². The average molecular weight is 396 g/mol. The molecule has 1 amide bonds. The number of rotatable bonds is 4. The molecule has 0 aliphatic heterocycles. The first-order chi connectivity index (χ1) is 18.9. The van der Waals surface area contributed by atoms with E-state index in [1.54, 1.807) is 0 Å². The van der Waals surface area contributed by atoms with Crippen LogP contribution in [0.25, 0.3) is 0 Å². The van der Waals surface area contributed by atoms with E-state index in [0.29, 0.717) is 5.56 Å². The number of benzene rings is 1. The van der Waals surface area contributed by atoms with E-state index in [1.807, 2.05) is 0 Å². The number of carbonyl (C=O) groups excluding carboxylic acids is 1. The minimum absolute atomic E-state index is 0.109. The third kappa shape index (κ3) is 2.97. The number of pyridine rings is 1. The zero-order valence-electron chi connectivity index (χ0n) is 29.0. The van der Waals surface area contributed by atoms with Crippen molar-refractivity contribution in [2.75, 3.05) is 0 Å². The predicted molar refractivity (Wildman–Crippen MR) is 106 cm³/mol. The fourth-order valence-corrected chi connectivity index (χ4v) is 3.48. The summed E-state index contributed by atoms with van der Waals surface area (Å²) in [6, 6.07) is 4.90. The lowest BCUT2D eigenvalue weighted by molar-refractivity contribution is -0.149. The smallest absolute Gasteiger partial charge is 0.226 e. The highest BCUT2D eigenvalue weighted by Gasteiger charge is 2.60. The van der Waals surface area contributed by atoms with Gasteiger partial charge in [0.1, 0.15) is 0 Å². The highest BCUT2D eigenvalue weighted by atomic mass is 35.5. The van der Waals surface area contributed by atoms with Crippen molar-refractivity contribution in [1.29, 1.82) is 0 Å². The fourth-order valence-electron chi connectivity index (χ4n) is 3.36. The van der Waals surface area contributed by atoms with E-state index in [0.717, 1.165) is 18.2 Å². The summed E-state index contributed by atoms with van der Waals surface area (Å²) < 4.78 is 136. The Labute approximate surface area is 186 Å². The summed E-state index contributed by atoms with van der Waals surface area (Å²) in [5.41, 5.74) is -8.06. The zero-order chi connectivity index (χ0) is 32.0. The van der Waals surface area contributed by atoms with Crippen molar-refractivity contribution in [2.24, 2.45) is 17.2 Å². The third-order valence-electron chi connectivity index (χ3n) is 4.60. The topological polar surface area (TPSA) is 42.0 Å². The summed E-state index contributed by atoms with van der Waals surface area (Å²) in [5.74, 6) is -9.70. The number of nitrogens with zero attached hydrogens (tertiary/aromatic N) is 1. The summed E-state index contributed by atoms with van der Waals surface area (Å²) in [6.45, 7) is -0.453. The Hall–Kier alpha value is -1.87. The lowest BCUT2D eigenvalue weighted by Gasteiger charge is -2.61. The molecular weight excluding hydrogens is 356 g/mol. The summed E-state index contributed by atoms with van der Waals surface area (Å²) in [6.07, 6.45) is -21.3. The van der Waals surface area contributed by atoms with E-state index in [9.17, 15) is 10.3 Å². The van der Waals surface area contributed by atoms with Crippen molar-refractivity contribution >= 4 is 17.5 Å². The standard InChI is InChI=1S/C23H25ClN2O/c24-20-3-1-19(2-4-20)22-10-17-9-18(11-22)13-23(12-17,15-22)21(27)26-14-16-5-7-25-8-6-16/h1-8,17-18H,9-15H2,(H,26,27)/t17-,18+,22?,23?/i1D,9D2,10D2,11D2,12D2,13D2,15D2,17D,18D. The molecule has 1 aromatic carbocycles. The van der Waals surface area contributed by atoms with Crippen molar-refractivity contribution < 1.29 is 25.4 Å². The van der Waals surface area contributed by atoms with Gasteiger partial charge in [0, 0.05) is 43.2 Å². The van der Waals surface area contributed by atoms with Crippen LogP contribution < -0.4 is 5.32 Å². The van der Waals surface area contributed by atoms with Gasteiger partial charge in [-0.25, -0.2) is 0 Å². The molecule has 0 saturated heterocycles. The Kier molecular flexibility index (Phi) is 1.76. The Balaban J connectivity index is 1.99. The molecule has 4 bridgehead atoms. The van der Waals surface area contributed by atoms with Crippen molar-refractivity contribution in [2.45, 2.75) is 50.2 Å². The minimum Gasteiger partial charge on any atom is -0.352 e. The Morgan fingerprint density at radius 3 is 2.67 bits per heavy atom. The second-order valence-corrected chi connectivity index (χ2v) is 6.90. The van der Waals surface area contributed by atoms with Crippen LogP contribution in [0.4, 0.5) is 0 Å². The molecule has 4 saturated carbocycles. The van der Waals surface area contributed by atoms with Crippen LogP contribution in [0.1, 0.15) is 69.9 Å². The molecule has 1 N–H and O–H groups in total. The number of amides is 1. The summed E-state index contributed by atoms with van der Waals surface area (Å²) >= 11 is 5.98. The number of hydrogen-bond acceptors (Lipinski definition) is 2. The second kappa shape index (κ2) is 6.34. The summed E-state index contributed by atoms with van der Waals surface area (Å²) in [4.78, 5) is 18.1. The fraction of sp³-hybridized carbons (Fsp3) is 0.478. The van der Waals surface area contributed by atoms with Crippen LogP contribution in [-0.4, -0.2) is 10.9 Å². The molecule has 4 fully saturated rings. The monoisotopic (exact) mass is 395 g/mol. The number of aromatic nitrogens is 1. The van der Waals surface area contributed by atoms with Gasteiger partial charge >= 0.3 is 0 Å². The van der Waals surface area contributed by atoms with Gasteiger partial charge in [-0.15, -0.1) is 0 Å². The second-order valence-electron chi connectivity index (χ2n) is 6.46. The van der Waals surface area contributed by atoms with Gasteiger partial charge in [0.25, 0.3) is 0 Å². The Morgan fingerprint density at radius 1 is 1.22 bits per heavy atom. The van der Waals surface area contributed by atoms with Gasteiger partial charge in [-0.1, -0.05) is 23.7 Å². The number of nitrogens with one attached hydrogen (secondary N) is 1. The molecular formula is C23H25ClN2O. The highest BCUT2D eigenvalue weighted by molar-refractivity contribution is 6.30. The molecule has 4 atom stereocenters. The maximum absolute atomic E-state index is 14.3. The molecule has 0 spiro atoms. The van der Waals surface area contributed by atoms with Crippen molar-refractivity contribution in [1.82, 2.24) is 10.3 Å². The lowest BCUT2D eigenvalue weighted by Crippen LogP contribution is -2.59. The van der Waals surface area contributed by atoms with E-state index in [4.69, 9.17) is 26.7 Å². The van der Waals surface area contributed by atoms with Gasteiger partial charge < -0.3 is 5.32 Å². The lowest BCUT2D eigenvalue weighted by atomic mass is 9.42. The molecule has 3 nitrogen and oxygen atoms in total. The molecule has 1 heterocycles. The van der Waals surface area contributed by atoms with Gasteiger partial charge in [0.2, 0.25) is 5.91 Å². The first-order valence-electron chi connectivity index (χ1n) is 15.8. The van der Waals surface area contributed by atoms with Gasteiger partial charge in [-0.2, -0.15) is 0 Å². The maximum Gasteiger partial charge on any atom is 0.226 e. The van der Waals surface area contributed by atoms with Crippen LogP contribution in [0, 0.1) is 17.2 Å². The first kappa shape index (κ1) is 7.51. The van der Waals surface area contributed by atoms with Crippen molar-refractivity contribution in [3.63, 3.8) is 0 Å². The van der Waals surface area contributed by atoms with Gasteiger partial charge in [0.05, 0.1) is 6.79 Å². The van der Waals surface area contributed by atoms with E-state index >= 15 is 0 Å². The molecule has 4 heteroatoms. The quantitative estimate of drug-likeness (QED) is 0.800. The van der Waals surface area contributed by atoms with Crippen LogP contribution in [0.2, 0.25) is 5.02 Å². The minimum atomic E-state index is -4.05. The number of hydrogen-bond donors (Lipinski definition) is 1. The molecule has 6 rings (SSSR count). The van der Waals surface area contributed by atoms with Gasteiger partial charge in [0.15, 0.2) is 0 Å². The van der Waals surface area contributed by atoms with Crippen molar-refractivity contribution in [3.05, 3.63) is 64.9 Å². The first-order valence-corrected chi connectivity index (χ1v) is 8.73.